The summed E-state index contributed by atoms with van der Waals surface area (Å²) >= 11 is 0. The Bertz CT molecular complexity index is 583. The van der Waals surface area contributed by atoms with E-state index in [1.807, 2.05) is 12.1 Å². The fourth-order valence-corrected chi connectivity index (χ4v) is 3.06. The Labute approximate surface area is 155 Å². The minimum Gasteiger partial charge on any atom is -0.379 e. The van der Waals surface area contributed by atoms with Crippen LogP contribution in [0.5, 0.6) is 0 Å². The van der Waals surface area contributed by atoms with Gasteiger partial charge in [-0.05, 0) is 23.6 Å². The highest BCUT2D eigenvalue weighted by atomic mass is 16.5. The van der Waals surface area contributed by atoms with Crippen LogP contribution < -0.4 is 16.0 Å². The lowest BCUT2D eigenvalue weighted by Gasteiger charge is -2.36. The maximum Gasteiger partial charge on any atom is 0.315 e. The number of ether oxygens (including phenoxy) is 1. The molecule has 1 aliphatic heterocycles. The molecule has 1 atom stereocenters. The number of carbonyl (C=O) groups excluding carboxylic acids is 2. The second-order valence-corrected chi connectivity index (χ2v) is 6.80. The maximum absolute atomic E-state index is 12.1. The fourth-order valence-electron chi connectivity index (χ4n) is 3.06. The van der Waals surface area contributed by atoms with E-state index in [1.54, 1.807) is 19.2 Å². The van der Waals surface area contributed by atoms with E-state index in [0.29, 0.717) is 30.6 Å². The molecule has 0 bridgehead atoms. The van der Waals surface area contributed by atoms with Gasteiger partial charge in [0.1, 0.15) is 0 Å². The second kappa shape index (κ2) is 10.1. The Hall–Kier alpha value is -2.12. The molecule has 3 amide bonds. The summed E-state index contributed by atoms with van der Waals surface area (Å²) in [5, 5.41) is 8.42. The summed E-state index contributed by atoms with van der Waals surface area (Å²) in [6.45, 7) is 8.70. The van der Waals surface area contributed by atoms with Crippen LogP contribution in [0.2, 0.25) is 0 Å². The average molecular weight is 362 g/mol. The van der Waals surface area contributed by atoms with E-state index >= 15 is 0 Å². The van der Waals surface area contributed by atoms with Gasteiger partial charge in [0.05, 0.1) is 13.2 Å². The van der Waals surface area contributed by atoms with Crippen molar-refractivity contribution in [2.45, 2.75) is 26.4 Å². The highest BCUT2D eigenvalue weighted by Crippen LogP contribution is 2.12. The van der Waals surface area contributed by atoms with Gasteiger partial charge in [-0.2, -0.15) is 0 Å². The molecular weight excluding hydrogens is 332 g/mol. The molecule has 0 aliphatic carbocycles. The second-order valence-electron chi connectivity index (χ2n) is 6.80. The number of carbonyl (C=O) groups is 2. The smallest absolute Gasteiger partial charge is 0.315 e. The first-order valence-corrected chi connectivity index (χ1v) is 9.15. The Morgan fingerprint density at radius 2 is 1.77 bits per heavy atom. The summed E-state index contributed by atoms with van der Waals surface area (Å²) in [6.07, 6.45) is 0. The van der Waals surface area contributed by atoms with Crippen LogP contribution in [0, 0.1) is 5.92 Å². The average Bonchev–Trinajstić information content (AvgIpc) is 2.67. The summed E-state index contributed by atoms with van der Waals surface area (Å²) in [5.41, 5.74) is 1.55. The first-order valence-electron chi connectivity index (χ1n) is 9.15. The molecule has 1 aliphatic rings. The van der Waals surface area contributed by atoms with E-state index in [9.17, 15) is 9.59 Å². The number of nitrogens with one attached hydrogen (secondary N) is 3. The molecule has 7 heteroatoms. The van der Waals surface area contributed by atoms with E-state index in [2.05, 4.69) is 34.7 Å². The molecule has 1 unspecified atom stereocenters. The van der Waals surface area contributed by atoms with Crippen molar-refractivity contribution >= 4 is 11.9 Å². The summed E-state index contributed by atoms with van der Waals surface area (Å²) in [6, 6.07) is 7.31. The lowest BCUT2D eigenvalue weighted by Crippen LogP contribution is -2.52. The summed E-state index contributed by atoms with van der Waals surface area (Å²) in [4.78, 5) is 26.0. The van der Waals surface area contributed by atoms with Gasteiger partial charge < -0.3 is 20.7 Å². The third kappa shape index (κ3) is 6.00. The molecule has 0 radical (unpaired) electrons. The van der Waals surface area contributed by atoms with Crippen LogP contribution in [0.25, 0.3) is 0 Å². The molecule has 0 saturated carbocycles. The molecule has 7 nitrogen and oxygen atoms in total. The lowest BCUT2D eigenvalue weighted by atomic mass is 10.0. The van der Waals surface area contributed by atoms with E-state index in [4.69, 9.17) is 4.74 Å². The van der Waals surface area contributed by atoms with Crippen LogP contribution in [0.15, 0.2) is 24.3 Å². The molecule has 1 aromatic rings. The summed E-state index contributed by atoms with van der Waals surface area (Å²) in [7, 11) is 1.60. The normalized spacial score (nSPS) is 16.2. The topological polar surface area (TPSA) is 82.7 Å². The highest BCUT2D eigenvalue weighted by molar-refractivity contribution is 5.93. The van der Waals surface area contributed by atoms with Crippen LogP contribution in [0.4, 0.5) is 4.79 Å². The molecule has 1 heterocycles. The Morgan fingerprint density at radius 1 is 1.12 bits per heavy atom. The molecule has 26 heavy (non-hydrogen) atoms. The van der Waals surface area contributed by atoms with Crippen LogP contribution >= 0.6 is 0 Å². The third-order valence-corrected chi connectivity index (χ3v) is 4.65. The van der Waals surface area contributed by atoms with Gasteiger partial charge in [-0.15, -0.1) is 0 Å². The lowest BCUT2D eigenvalue weighted by molar-refractivity contribution is 0.00719. The first kappa shape index (κ1) is 20.2. The zero-order chi connectivity index (χ0) is 18.9. The van der Waals surface area contributed by atoms with Crippen molar-refractivity contribution in [1.82, 2.24) is 20.9 Å². The van der Waals surface area contributed by atoms with Gasteiger partial charge in [0.15, 0.2) is 0 Å². The standard InChI is InChI=1S/C19H30N4O3/c1-14(2)17(23-8-10-26-11-9-23)13-22-19(25)21-12-15-4-6-16(7-5-15)18(24)20-3/h4-7,14,17H,8-13H2,1-3H3,(H,20,24)(H2,21,22,25). The van der Waals surface area contributed by atoms with Crippen LogP contribution in [-0.2, 0) is 11.3 Å². The molecule has 1 saturated heterocycles. The zero-order valence-electron chi connectivity index (χ0n) is 15.9. The zero-order valence-corrected chi connectivity index (χ0v) is 15.9. The highest BCUT2D eigenvalue weighted by Gasteiger charge is 2.24. The molecule has 144 valence electrons. The predicted octanol–water partition coefficient (Wildman–Crippen LogP) is 1.20. The number of rotatable bonds is 7. The molecular formula is C19H30N4O3. The minimum atomic E-state index is -0.181. The van der Waals surface area contributed by atoms with E-state index < -0.39 is 0 Å². The number of nitrogens with zero attached hydrogens (tertiary/aromatic N) is 1. The van der Waals surface area contributed by atoms with Crippen LogP contribution in [-0.4, -0.2) is 62.8 Å². The van der Waals surface area contributed by atoms with Crippen molar-refractivity contribution in [3.05, 3.63) is 35.4 Å². The SMILES string of the molecule is CNC(=O)c1ccc(CNC(=O)NCC(C(C)C)N2CCOCC2)cc1. The number of hydrogen-bond acceptors (Lipinski definition) is 4. The van der Waals surface area contributed by atoms with Gasteiger partial charge >= 0.3 is 6.03 Å². The quantitative estimate of drug-likeness (QED) is 0.681. The monoisotopic (exact) mass is 362 g/mol. The number of morpholine rings is 1. The molecule has 0 spiro atoms. The third-order valence-electron chi connectivity index (χ3n) is 4.65. The number of amides is 3. The van der Waals surface area contributed by atoms with Crippen molar-refractivity contribution in [2.24, 2.45) is 5.92 Å². The predicted molar refractivity (Wildman–Crippen MR) is 101 cm³/mol. The Balaban J connectivity index is 1.77. The summed E-state index contributed by atoms with van der Waals surface area (Å²) < 4.78 is 5.41. The molecule has 1 fully saturated rings. The number of hydrogen-bond donors (Lipinski definition) is 3. The van der Waals surface area contributed by atoms with Gasteiger partial charge in [0.25, 0.3) is 5.91 Å². The van der Waals surface area contributed by atoms with Gasteiger partial charge in [0, 0.05) is 44.8 Å². The number of urea groups is 1. The first-order chi connectivity index (χ1) is 12.5. The Morgan fingerprint density at radius 3 is 2.35 bits per heavy atom. The fraction of sp³-hybridized carbons (Fsp3) is 0.579. The van der Waals surface area contributed by atoms with E-state index in [0.717, 1.165) is 31.9 Å². The van der Waals surface area contributed by atoms with Gasteiger partial charge in [-0.1, -0.05) is 26.0 Å². The van der Waals surface area contributed by atoms with E-state index in [1.165, 1.54) is 0 Å². The van der Waals surface area contributed by atoms with E-state index in [-0.39, 0.29) is 11.9 Å². The van der Waals surface area contributed by atoms with Crippen LogP contribution in [0.1, 0.15) is 29.8 Å². The summed E-state index contributed by atoms with van der Waals surface area (Å²) in [5.74, 6) is 0.329. The largest absolute Gasteiger partial charge is 0.379 e. The van der Waals surface area contributed by atoms with Crippen molar-refractivity contribution in [2.75, 3.05) is 39.9 Å². The number of benzene rings is 1. The van der Waals surface area contributed by atoms with Gasteiger partial charge in [0.2, 0.25) is 0 Å². The van der Waals surface area contributed by atoms with Crippen molar-refractivity contribution < 1.29 is 14.3 Å². The maximum atomic E-state index is 12.1. The van der Waals surface area contributed by atoms with Gasteiger partial charge in [-0.25, -0.2) is 4.79 Å². The van der Waals surface area contributed by atoms with Crippen LogP contribution in [0.3, 0.4) is 0 Å². The Kier molecular flexibility index (Phi) is 7.87. The molecule has 0 aromatic heterocycles. The van der Waals surface area contributed by atoms with Crippen molar-refractivity contribution in [3.8, 4) is 0 Å². The van der Waals surface area contributed by atoms with Gasteiger partial charge in [-0.3, -0.25) is 9.69 Å². The molecule has 2 rings (SSSR count). The minimum absolute atomic E-state index is 0.120. The van der Waals surface area contributed by atoms with Crippen molar-refractivity contribution in [3.63, 3.8) is 0 Å². The molecule has 3 N–H and O–H groups in total. The van der Waals surface area contributed by atoms with Crippen molar-refractivity contribution in [1.29, 1.82) is 0 Å². The molecule has 1 aromatic carbocycles.